The molecule has 1 aliphatic carbocycles. The van der Waals surface area contributed by atoms with Crippen molar-refractivity contribution >= 4 is 25.5 Å². The minimum Gasteiger partial charge on any atom is -0.462 e. The zero-order valence-corrected chi connectivity index (χ0v) is 37.5. The number of phosphoric acid groups is 1. The zero-order valence-electron chi connectivity index (χ0n) is 36.6. The number of nitrogens with two attached hydrogens (primary N) is 1. The highest BCUT2D eigenvalue weighted by Crippen LogP contribution is 2.43. The Hall–Kier alpha value is -2.96. The molecule has 6 atom stereocenters. The number of rotatable bonds is 37. The number of ether oxygens (including phenoxy) is 2. The predicted molar refractivity (Wildman–Crippen MR) is 239 cm³/mol. The molecule has 0 radical (unpaired) electrons. The van der Waals surface area contributed by atoms with E-state index in [-0.39, 0.29) is 50.7 Å². The lowest BCUT2D eigenvalue weighted by atomic mass is 9.90. The van der Waals surface area contributed by atoms with Crippen LogP contribution in [-0.2, 0) is 37.5 Å². The van der Waals surface area contributed by atoms with Crippen molar-refractivity contribution in [3.8, 4) is 0 Å². The molecule has 5 N–H and O–H groups in total. The number of allylic oxidation sites excluding steroid dienone is 11. The summed E-state index contributed by atoms with van der Waals surface area (Å²) in [5.74, 6) is -1.85. The summed E-state index contributed by atoms with van der Waals surface area (Å²) in [6, 6.07) is 0. The van der Waals surface area contributed by atoms with Crippen LogP contribution >= 0.6 is 7.82 Å². The molecule has 1 unspecified atom stereocenters. The molecule has 0 bridgehead atoms. The molecule has 0 amide bonds. The van der Waals surface area contributed by atoms with Gasteiger partial charge in [-0.05, 0) is 77.0 Å². The number of hydrogen-bond donors (Lipinski definition) is 4. The largest absolute Gasteiger partial charge is 0.472 e. The summed E-state index contributed by atoms with van der Waals surface area (Å²) < 4.78 is 32.7. The summed E-state index contributed by atoms with van der Waals surface area (Å²) in [6.45, 7) is 3.23. The van der Waals surface area contributed by atoms with Gasteiger partial charge in [0.25, 0.3) is 0 Å². The normalized spacial score (nSPS) is 19.5. The van der Waals surface area contributed by atoms with Gasteiger partial charge in [-0.1, -0.05) is 125 Å². The topological polar surface area (TPSA) is 192 Å². The third-order valence-corrected chi connectivity index (χ3v) is 10.9. The molecule has 1 saturated carbocycles. The van der Waals surface area contributed by atoms with Crippen LogP contribution in [0.25, 0.3) is 0 Å². The molecule has 1 aliphatic rings. The first-order valence-electron chi connectivity index (χ1n) is 22.5. The maximum Gasteiger partial charge on any atom is 0.472 e. The lowest BCUT2D eigenvalue weighted by Gasteiger charge is -2.19. The number of hydrogen-bond acceptors (Lipinski definition) is 11. The molecule has 1 fully saturated rings. The Kier molecular flexibility index (Phi) is 33.7. The standard InChI is InChI=1S/C47H78NO11P/c1-3-5-7-8-9-10-11-12-13-14-15-16-17-18-19-20-21-22-27-31-46(52)56-38-41(39-58-60(54,55)57-36-35-48)59-47(53)32-28-24-23-26-30-42-43(45(51)37-44(42)50)34-33-40(49)29-25-6-4-2/h9-10,12-13,15-16,18-19,23,26,33-34,40-44,49-50H,3-8,11,14,17,20-22,24-25,27-32,35-39,48H2,1-2H3,(H,54,55)/b10-9-,13-12-,16-15-,19-18-,26-23-,34-33+/t40-,41+,42+,43+,44-/m0/s1. The molecule has 0 spiro atoms. The fraction of sp³-hybridized carbons (Fsp3) is 0.681. The molecule has 60 heavy (non-hydrogen) atoms. The molecule has 1 rings (SSSR count). The molecule has 0 aromatic heterocycles. The van der Waals surface area contributed by atoms with Crippen LogP contribution in [0.15, 0.2) is 72.9 Å². The number of ketones is 1. The zero-order chi connectivity index (χ0) is 44.1. The third-order valence-electron chi connectivity index (χ3n) is 9.94. The van der Waals surface area contributed by atoms with Gasteiger partial charge >= 0.3 is 19.8 Å². The van der Waals surface area contributed by atoms with Crippen molar-refractivity contribution in [1.29, 1.82) is 0 Å². The van der Waals surface area contributed by atoms with E-state index in [1.807, 2.05) is 12.2 Å². The Morgan fingerprint density at radius 3 is 2.00 bits per heavy atom. The fourth-order valence-corrected chi connectivity index (χ4v) is 7.24. The van der Waals surface area contributed by atoms with Crippen molar-refractivity contribution < 1.29 is 52.6 Å². The monoisotopic (exact) mass is 864 g/mol. The molecule has 0 heterocycles. The van der Waals surface area contributed by atoms with Gasteiger partial charge in [0.05, 0.1) is 25.4 Å². The first kappa shape index (κ1) is 55.1. The average molecular weight is 864 g/mol. The number of aliphatic hydroxyl groups excluding tert-OH is 2. The number of esters is 2. The number of carbonyl (C=O) groups is 3. The number of unbranched alkanes of at least 4 members (excludes halogenated alkanes) is 9. The Bertz CT molecular complexity index is 1370. The summed E-state index contributed by atoms with van der Waals surface area (Å²) in [7, 11) is -4.47. The van der Waals surface area contributed by atoms with Gasteiger partial charge in [0.2, 0.25) is 0 Å². The van der Waals surface area contributed by atoms with E-state index in [1.165, 1.54) is 25.7 Å². The number of carbonyl (C=O) groups excluding carboxylic acids is 3. The number of phosphoric ester groups is 1. The van der Waals surface area contributed by atoms with E-state index in [4.69, 9.17) is 24.3 Å². The molecule has 342 valence electrons. The van der Waals surface area contributed by atoms with Gasteiger partial charge in [-0.15, -0.1) is 0 Å². The van der Waals surface area contributed by atoms with Crippen molar-refractivity contribution in [3.05, 3.63) is 72.9 Å². The van der Waals surface area contributed by atoms with Crippen LogP contribution in [0.3, 0.4) is 0 Å². The molecule has 0 aromatic carbocycles. The van der Waals surface area contributed by atoms with Crippen LogP contribution in [-0.4, -0.2) is 77.5 Å². The van der Waals surface area contributed by atoms with Gasteiger partial charge in [-0.25, -0.2) is 4.57 Å². The van der Waals surface area contributed by atoms with Crippen LogP contribution in [0.5, 0.6) is 0 Å². The molecular weight excluding hydrogens is 785 g/mol. The highest BCUT2D eigenvalue weighted by Gasteiger charge is 2.39. The van der Waals surface area contributed by atoms with Crippen molar-refractivity contribution in [2.75, 3.05) is 26.4 Å². The highest BCUT2D eigenvalue weighted by molar-refractivity contribution is 7.47. The van der Waals surface area contributed by atoms with Crippen molar-refractivity contribution in [3.63, 3.8) is 0 Å². The van der Waals surface area contributed by atoms with Gasteiger partial charge in [-0.2, -0.15) is 0 Å². The van der Waals surface area contributed by atoms with Crippen molar-refractivity contribution in [2.24, 2.45) is 17.6 Å². The van der Waals surface area contributed by atoms with Gasteiger partial charge < -0.3 is 30.3 Å². The Morgan fingerprint density at radius 1 is 0.767 bits per heavy atom. The summed E-state index contributed by atoms with van der Waals surface area (Å²) in [5.41, 5.74) is 5.34. The van der Waals surface area contributed by atoms with Gasteiger partial charge in [-0.3, -0.25) is 23.4 Å². The van der Waals surface area contributed by atoms with Crippen molar-refractivity contribution in [2.45, 2.75) is 167 Å². The SMILES string of the molecule is CCCCC/C=C\C/C=C\C/C=C\C/C=C\CCCCCC(=O)OC[C@H](COP(=O)(O)OCCN)OC(=O)CCC/C=C\C[C@H]1[C@@H](O)CC(=O)[C@@H]1/C=C/[C@@H](O)CCCCC. The van der Waals surface area contributed by atoms with E-state index in [0.29, 0.717) is 32.1 Å². The Labute approximate surface area is 361 Å². The van der Waals surface area contributed by atoms with Crippen LogP contribution in [0.4, 0.5) is 0 Å². The fourth-order valence-electron chi connectivity index (χ4n) is 6.48. The number of Topliss-reactive ketones (excluding diaryl/α,β-unsaturated/α-hetero) is 1. The minimum atomic E-state index is -4.47. The summed E-state index contributed by atoms with van der Waals surface area (Å²) in [5, 5.41) is 20.7. The van der Waals surface area contributed by atoms with Gasteiger partial charge in [0, 0.05) is 37.6 Å². The van der Waals surface area contributed by atoms with Crippen LogP contribution in [0.1, 0.15) is 149 Å². The average Bonchev–Trinajstić information content (AvgIpc) is 3.49. The van der Waals surface area contributed by atoms with E-state index in [2.05, 4.69) is 62.5 Å². The maximum atomic E-state index is 12.7. The minimum absolute atomic E-state index is 0.00225. The Balaban J connectivity index is 2.42. The molecular formula is C47H78NO11P. The van der Waals surface area contributed by atoms with E-state index in [0.717, 1.165) is 57.8 Å². The van der Waals surface area contributed by atoms with E-state index < -0.39 is 50.6 Å². The van der Waals surface area contributed by atoms with Crippen LogP contribution in [0, 0.1) is 11.8 Å². The lowest BCUT2D eigenvalue weighted by molar-refractivity contribution is -0.161. The molecule has 0 saturated heterocycles. The van der Waals surface area contributed by atoms with E-state index >= 15 is 0 Å². The van der Waals surface area contributed by atoms with E-state index in [9.17, 15) is 34.1 Å². The molecule has 0 aliphatic heterocycles. The van der Waals surface area contributed by atoms with Crippen LogP contribution in [0.2, 0.25) is 0 Å². The lowest BCUT2D eigenvalue weighted by Crippen LogP contribution is -2.29. The van der Waals surface area contributed by atoms with Crippen LogP contribution < -0.4 is 5.73 Å². The second-order valence-electron chi connectivity index (χ2n) is 15.3. The van der Waals surface area contributed by atoms with Crippen molar-refractivity contribution in [1.82, 2.24) is 0 Å². The molecule has 0 aromatic rings. The van der Waals surface area contributed by atoms with Gasteiger partial charge in [0.15, 0.2) is 6.10 Å². The first-order valence-corrected chi connectivity index (χ1v) is 24.0. The number of aliphatic hydroxyl groups is 2. The smallest absolute Gasteiger partial charge is 0.462 e. The first-order chi connectivity index (χ1) is 29.0. The maximum absolute atomic E-state index is 12.7. The third kappa shape index (κ3) is 30.1. The second kappa shape index (κ2) is 36.7. The summed E-state index contributed by atoms with van der Waals surface area (Å²) >= 11 is 0. The Morgan fingerprint density at radius 2 is 1.35 bits per heavy atom. The highest BCUT2D eigenvalue weighted by atomic mass is 31.2. The van der Waals surface area contributed by atoms with E-state index in [1.54, 1.807) is 12.2 Å². The summed E-state index contributed by atoms with van der Waals surface area (Å²) in [6.07, 6.45) is 38.7. The molecule has 13 heteroatoms. The summed E-state index contributed by atoms with van der Waals surface area (Å²) in [4.78, 5) is 47.6. The molecule has 12 nitrogen and oxygen atoms in total. The predicted octanol–water partition coefficient (Wildman–Crippen LogP) is 9.64. The second-order valence-corrected chi connectivity index (χ2v) is 16.8. The van der Waals surface area contributed by atoms with Gasteiger partial charge in [0.1, 0.15) is 12.4 Å². The quantitative estimate of drug-likeness (QED) is 0.0200.